The maximum atomic E-state index is 5.83. The van der Waals surface area contributed by atoms with Crippen LogP contribution in [-0.4, -0.2) is 35.7 Å². The van der Waals surface area contributed by atoms with Crippen LogP contribution in [0.4, 0.5) is 0 Å². The second-order valence-corrected chi connectivity index (χ2v) is 6.59. The smallest absolute Gasteiger partial charge is 0.497 e. The van der Waals surface area contributed by atoms with E-state index in [0.29, 0.717) is 25.9 Å². The van der Waals surface area contributed by atoms with E-state index in [1.54, 1.807) is 7.11 Å². The molecule has 1 aromatic carbocycles. The van der Waals surface area contributed by atoms with Crippen molar-refractivity contribution in [3.63, 3.8) is 0 Å². The fourth-order valence-electron chi connectivity index (χ4n) is 1.93. The monoisotopic (exact) mass is 284 g/mol. The number of hydrogen-bond acceptors (Lipinski definition) is 4. The third-order valence-corrected chi connectivity index (χ3v) is 5.70. The zero-order valence-electron chi connectivity index (χ0n) is 12.3. The van der Waals surface area contributed by atoms with Crippen LogP contribution in [0.5, 0.6) is 5.75 Å². The van der Waals surface area contributed by atoms with E-state index in [-0.39, 0.29) is 0 Å². The minimum absolute atomic E-state index is 0.600. The normalized spacial score (nSPS) is 11.6. The van der Waals surface area contributed by atoms with Crippen LogP contribution < -0.4 is 4.74 Å². The Morgan fingerprint density at radius 1 is 0.842 bits per heavy atom. The lowest BCUT2D eigenvalue weighted by Crippen LogP contribution is -2.48. The first-order valence-electron chi connectivity index (χ1n) is 6.74. The Hall–Kier alpha value is -0.883. The van der Waals surface area contributed by atoms with Crippen LogP contribution in [0.15, 0.2) is 24.3 Å². The Bertz CT molecular complexity index is 336. The summed E-state index contributed by atoms with van der Waals surface area (Å²) < 4.78 is 22.7. The van der Waals surface area contributed by atoms with Gasteiger partial charge in [0.05, 0.1) is 7.11 Å². The molecule has 1 rings (SSSR count). The topological polar surface area (TPSA) is 36.9 Å². The fourth-order valence-corrected chi connectivity index (χ4v) is 4.54. The van der Waals surface area contributed by atoms with Gasteiger partial charge < -0.3 is 18.0 Å². The zero-order chi connectivity index (χ0) is 14.1. The summed E-state index contributed by atoms with van der Waals surface area (Å²) in [7, 11) is -0.943. The number of hydrogen-bond donors (Lipinski definition) is 0. The van der Waals surface area contributed by atoms with Gasteiger partial charge in [0.1, 0.15) is 5.75 Å². The molecule has 0 aliphatic carbocycles. The van der Waals surface area contributed by atoms with Gasteiger partial charge in [-0.1, -0.05) is 12.1 Å². The minimum Gasteiger partial charge on any atom is -0.497 e. The highest BCUT2D eigenvalue weighted by atomic mass is 28.4. The zero-order valence-corrected chi connectivity index (χ0v) is 13.3. The molecule has 0 spiro atoms. The van der Waals surface area contributed by atoms with Crippen molar-refractivity contribution in [2.45, 2.75) is 26.8 Å². The molecule has 108 valence electrons. The van der Waals surface area contributed by atoms with Gasteiger partial charge in [-0.15, -0.1) is 0 Å². The van der Waals surface area contributed by atoms with Crippen molar-refractivity contribution in [3.8, 4) is 5.75 Å². The molecule has 0 N–H and O–H groups in total. The first-order valence-corrected chi connectivity index (χ1v) is 8.67. The van der Waals surface area contributed by atoms with Gasteiger partial charge in [-0.25, -0.2) is 0 Å². The molecule has 0 amide bonds. The molecule has 0 bridgehead atoms. The molecular weight excluding hydrogens is 260 g/mol. The van der Waals surface area contributed by atoms with Gasteiger partial charge in [0.15, 0.2) is 0 Å². The molecule has 0 aliphatic heterocycles. The van der Waals surface area contributed by atoms with Crippen LogP contribution in [0.1, 0.15) is 26.3 Å². The van der Waals surface area contributed by atoms with E-state index < -0.39 is 8.80 Å². The van der Waals surface area contributed by atoms with Crippen LogP contribution in [0.25, 0.3) is 0 Å². The molecule has 0 aromatic heterocycles. The molecule has 0 atom stereocenters. The lowest BCUT2D eigenvalue weighted by molar-refractivity contribution is 0.0704. The summed E-state index contributed by atoms with van der Waals surface area (Å²) in [6.07, 6.45) is 0. The molecule has 5 heteroatoms. The van der Waals surface area contributed by atoms with Gasteiger partial charge in [-0.2, -0.15) is 0 Å². The van der Waals surface area contributed by atoms with Crippen molar-refractivity contribution >= 4 is 8.80 Å². The van der Waals surface area contributed by atoms with E-state index in [1.165, 1.54) is 0 Å². The molecule has 0 heterocycles. The fraction of sp³-hybridized carbons (Fsp3) is 0.571. The van der Waals surface area contributed by atoms with Crippen molar-refractivity contribution in [3.05, 3.63) is 29.8 Å². The van der Waals surface area contributed by atoms with E-state index in [4.69, 9.17) is 18.0 Å². The maximum absolute atomic E-state index is 5.83. The Labute approximate surface area is 117 Å². The highest BCUT2D eigenvalue weighted by Crippen LogP contribution is 2.19. The van der Waals surface area contributed by atoms with Gasteiger partial charge in [0, 0.05) is 25.9 Å². The molecule has 1 aromatic rings. The molecular formula is C14H24O4Si. The molecule has 0 unspecified atom stereocenters. The second-order valence-electron chi connectivity index (χ2n) is 4.01. The number of rotatable bonds is 9. The SMILES string of the molecule is CCO[Si](Cc1ccc(OC)cc1)(OCC)OCC. The predicted molar refractivity (Wildman–Crippen MR) is 77.3 cm³/mol. The van der Waals surface area contributed by atoms with Crippen molar-refractivity contribution < 1.29 is 18.0 Å². The Kier molecular flexibility index (Phi) is 7.08. The van der Waals surface area contributed by atoms with Crippen LogP contribution in [0.3, 0.4) is 0 Å². The van der Waals surface area contributed by atoms with E-state index in [2.05, 4.69) is 0 Å². The Morgan fingerprint density at radius 3 is 1.68 bits per heavy atom. The lowest BCUT2D eigenvalue weighted by atomic mass is 10.2. The number of ether oxygens (including phenoxy) is 1. The minimum atomic E-state index is -2.60. The van der Waals surface area contributed by atoms with Crippen LogP contribution >= 0.6 is 0 Å². The largest absolute Gasteiger partial charge is 0.505 e. The summed E-state index contributed by atoms with van der Waals surface area (Å²) in [5.41, 5.74) is 1.14. The van der Waals surface area contributed by atoms with E-state index in [0.717, 1.165) is 11.3 Å². The summed E-state index contributed by atoms with van der Waals surface area (Å²) in [6, 6.07) is 8.62. The average Bonchev–Trinajstić information content (AvgIpc) is 2.40. The number of benzene rings is 1. The van der Waals surface area contributed by atoms with Crippen LogP contribution in [0, 0.1) is 0 Å². The summed E-state index contributed by atoms with van der Waals surface area (Å²) in [4.78, 5) is 0. The molecule has 19 heavy (non-hydrogen) atoms. The first-order chi connectivity index (χ1) is 9.19. The predicted octanol–water partition coefficient (Wildman–Crippen LogP) is 2.83. The second kappa shape index (κ2) is 8.32. The van der Waals surface area contributed by atoms with Gasteiger partial charge in [-0.3, -0.25) is 0 Å². The Morgan fingerprint density at radius 2 is 1.32 bits per heavy atom. The highest BCUT2D eigenvalue weighted by Gasteiger charge is 2.40. The molecule has 0 fully saturated rings. The van der Waals surface area contributed by atoms with Gasteiger partial charge in [0.25, 0.3) is 0 Å². The van der Waals surface area contributed by atoms with Gasteiger partial charge in [-0.05, 0) is 38.5 Å². The maximum Gasteiger partial charge on any atom is 0.505 e. The van der Waals surface area contributed by atoms with Crippen molar-refractivity contribution in [1.82, 2.24) is 0 Å². The molecule has 4 nitrogen and oxygen atoms in total. The summed E-state index contributed by atoms with van der Waals surface area (Å²) in [6.45, 7) is 7.70. The third-order valence-electron chi connectivity index (χ3n) is 2.67. The van der Waals surface area contributed by atoms with Gasteiger partial charge >= 0.3 is 8.80 Å². The van der Waals surface area contributed by atoms with E-state index >= 15 is 0 Å². The highest BCUT2D eigenvalue weighted by molar-refractivity contribution is 6.60. The van der Waals surface area contributed by atoms with Gasteiger partial charge in [0.2, 0.25) is 0 Å². The summed E-state index contributed by atoms with van der Waals surface area (Å²) in [5, 5.41) is 0. The lowest BCUT2D eigenvalue weighted by Gasteiger charge is -2.28. The summed E-state index contributed by atoms with van der Waals surface area (Å²) in [5.74, 6) is 0.847. The van der Waals surface area contributed by atoms with E-state index in [1.807, 2.05) is 45.0 Å². The van der Waals surface area contributed by atoms with Crippen molar-refractivity contribution in [2.75, 3.05) is 26.9 Å². The number of methoxy groups -OCH3 is 1. The molecule has 0 saturated heterocycles. The first kappa shape index (κ1) is 16.2. The van der Waals surface area contributed by atoms with Crippen molar-refractivity contribution in [1.29, 1.82) is 0 Å². The summed E-state index contributed by atoms with van der Waals surface area (Å²) >= 11 is 0. The van der Waals surface area contributed by atoms with Crippen LogP contribution in [-0.2, 0) is 19.3 Å². The quantitative estimate of drug-likeness (QED) is 0.653. The Balaban J connectivity index is 2.84. The average molecular weight is 284 g/mol. The van der Waals surface area contributed by atoms with E-state index in [9.17, 15) is 0 Å². The molecule has 0 aliphatic rings. The molecule has 0 saturated carbocycles. The van der Waals surface area contributed by atoms with Crippen molar-refractivity contribution in [2.24, 2.45) is 0 Å². The van der Waals surface area contributed by atoms with Crippen LogP contribution in [0.2, 0.25) is 0 Å². The molecule has 0 radical (unpaired) electrons. The standard InChI is InChI=1S/C14H24O4Si/c1-5-16-19(17-6-2,18-7-3)12-13-8-10-14(15-4)11-9-13/h8-11H,5-7,12H2,1-4H3. The third kappa shape index (κ3) is 4.95.